The molecule has 1 atom stereocenters. The highest BCUT2D eigenvalue weighted by molar-refractivity contribution is 5.67. The molecule has 0 aliphatic heterocycles. The molecule has 0 bridgehead atoms. The van der Waals surface area contributed by atoms with Gasteiger partial charge in [-0.3, -0.25) is 0 Å². The van der Waals surface area contributed by atoms with E-state index in [9.17, 15) is 9.90 Å². The van der Waals surface area contributed by atoms with Gasteiger partial charge in [0.15, 0.2) is 0 Å². The van der Waals surface area contributed by atoms with Crippen LogP contribution < -0.4 is 5.32 Å². The Bertz CT molecular complexity index is 313. The van der Waals surface area contributed by atoms with Crippen LogP contribution in [0.15, 0.2) is 30.3 Å². The molecule has 1 aromatic rings. The summed E-state index contributed by atoms with van der Waals surface area (Å²) in [5.74, 6) is 0. The first-order chi connectivity index (χ1) is 7.72. The van der Waals surface area contributed by atoms with Gasteiger partial charge in [0.2, 0.25) is 0 Å². The Balaban J connectivity index is 2.20. The number of carbonyl (C=O) groups excluding carboxylic acids is 1. The van der Waals surface area contributed by atoms with Gasteiger partial charge in [0, 0.05) is 6.54 Å². The minimum absolute atomic E-state index is 0.226. The van der Waals surface area contributed by atoms with E-state index in [1.807, 2.05) is 37.3 Å². The first kappa shape index (κ1) is 12.5. The molecule has 0 saturated heterocycles. The zero-order valence-electron chi connectivity index (χ0n) is 9.35. The number of aliphatic hydroxyl groups is 1. The molecule has 0 saturated carbocycles. The lowest BCUT2D eigenvalue weighted by molar-refractivity contribution is 0.124. The SMILES string of the molecule is CC[C@@H](O)CNC(=O)OCc1ccccc1. The molecular weight excluding hydrogens is 206 g/mol. The van der Waals surface area contributed by atoms with Crippen LogP contribution in [-0.2, 0) is 11.3 Å². The molecule has 88 valence electrons. The van der Waals surface area contributed by atoms with Crippen molar-refractivity contribution in [1.82, 2.24) is 5.32 Å². The largest absolute Gasteiger partial charge is 0.445 e. The third-order valence-electron chi connectivity index (χ3n) is 2.17. The maximum Gasteiger partial charge on any atom is 0.407 e. The molecule has 1 rings (SSSR count). The quantitative estimate of drug-likeness (QED) is 0.798. The summed E-state index contributed by atoms with van der Waals surface area (Å²) < 4.78 is 4.96. The fraction of sp³-hybridized carbons (Fsp3) is 0.417. The molecule has 0 spiro atoms. The summed E-state index contributed by atoms with van der Waals surface area (Å²) in [6.07, 6.45) is -0.403. The fourth-order valence-corrected chi connectivity index (χ4v) is 1.12. The van der Waals surface area contributed by atoms with Crippen molar-refractivity contribution >= 4 is 6.09 Å². The van der Waals surface area contributed by atoms with Gasteiger partial charge in [-0.25, -0.2) is 4.79 Å². The smallest absolute Gasteiger partial charge is 0.407 e. The molecule has 0 aromatic heterocycles. The van der Waals surface area contributed by atoms with Crippen molar-refractivity contribution in [3.05, 3.63) is 35.9 Å². The molecule has 0 radical (unpaired) electrons. The topological polar surface area (TPSA) is 58.6 Å². The molecule has 4 heteroatoms. The van der Waals surface area contributed by atoms with E-state index >= 15 is 0 Å². The Morgan fingerprint density at radius 3 is 2.75 bits per heavy atom. The zero-order valence-corrected chi connectivity index (χ0v) is 9.35. The van der Waals surface area contributed by atoms with Crippen molar-refractivity contribution in [2.45, 2.75) is 26.1 Å². The molecule has 0 unspecified atom stereocenters. The van der Waals surface area contributed by atoms with Crippen molar-refractivity contribution in [2.75, 3.05) is 6.54 Å². The van der Waals surface area contributed by atoms with Crippen molar-refractivity contribution in [2.24, 2.45) is 0 Å². The van der Waals surface area contributed by atoms with Gasteiger partial charge in [-0.15, -0.1) is 0 Å². The lowest BCUT2D eigenvalue weighted by Crippen LogP contribution is -2.32. The van der Waals surface area contributed by atoms with Gasteiger partial charge in [-0.05, 0) is 12.0 Å². The molecular formula is C12H17NO3. The second-order valence-corrected chi connectivity index (χ2v) is 3.50. The number of alkyl carbamates (subject to hydrolysis) is 1. The number of nitrogens with one attached hydrogen (secondary N) is 1. The molecule has 1 aromatic carbocycles. The highest BCUT2D eigenvalue weighted by atomic mass is 16.5. The molecule has 4 nitrogen and oxygen atoms in total. The summed E-state index contributed by atoms with van der Waals surface area (Å²) in [6.45, 7) is 2.32. The predicted molar refractivity (Wildman–Crippen MR) is 60.9 cm³/mol. The van der Waals surface area contributed by atoms with Gasteiger partial charge >= 0.3 is 6.09 Å². The average Bonchev–Trinajstić information content (AvgIpc) is 2.34. The maximum atomic E-state index is 11.2. The number of ether oxygens (including phenoxy) is 1. The van der Waals surface area contributed by atoms with Crippen molar-refractivity contribution < 1.29 is 14.6 Å². The van der Waals surface area contributed by atoms with Crippen molar-refractivity contribution in [3.8, 4) is 0 Å². The van der Waals surface area contributed by atoms with Gasteiger partial charge in [-0.2, -0.15) is 0 Å². The van der Waals surface area contributed by atoms with Crippen LogP contribution in [0.4, 0.5) is 4.79 Å². The van der Waals surface area contributed by atoms with Gasteiger partial charge in [0.05, 0.1) is 6.10 Å². The van der Waals surface area contributed by atoms with E-state index < -0.39 is 12.2 Å². The van der Waals surface area contributed by atoms with Gasteiger partial charge in [-0.1, -0.05) is 37.3 Å². The number of hydrogen-bond donors (Lipinski definition) is 2. The van der Waals surface area contributed by atoms with E-state index in [2.05, 4.69) is 5.32 Å². The van der Waals surface area contributed by atoms with E-state index in [0.717, 1.165) is 5.56 Å². The molecule has 1 amide bonds. The third-order valence-corrected chi connectivity index (χ3v) is 2.17. The molecule has 2 N–H and O–H groups in total. The van der Waals surface area contributed by atoms with Crippen LogP contribution in [-0.4, -0.2) is 23.8 Å². The van der Waals surface area contributed by atoms with Crippen LogP contribution in [0.25, 0.3) is 0 Å². The number of benzene rings is 1. The van der Waals surface area contributed by atoms with E-state index in [0.29, 0.717) is 6.42 Å². The molecule has 16 heavy (non-hydrogen) atoms. The van der Waals surface area contributed by atoms with Crippen molar-refractivity contribution in [1.29, 1.82) is 0 Å². The Kier molecular flexibility index (Phi) is 5.36. The normalized spacial score (nSPS) is 11.9. The van der Waals surface area contributed by atoms with Crippen LogP contribution in [0, 0.1) is 0 Å². The first-order valence-electron chi connectivity index (χ1n) is 5.35. The predicted octanol–water partition coefficient (Wildman–Crippen LogP) is 1.68. The number of amides is 1. The monoisotopic (exact) mass is 223 g/mol. The van der Waals surface area contributed by atoms with E-state index in [1.54, 1.807) is 0 Å². The molecule has 0 heterocycles. The highest BCUT2D eigenvalue weighted by Crippen LogP contribution is 2.00. The number of carbonyl (C=O) groups is 1. The Morgan fingerprint density at radius 1 is 1.44 bits per heavy atom. The Hall–Kier alpha value is -1.55. The standard InChI is InChI=1S/C12H17NO3/c1-2-11(14)8-13-12(15)16-9-10-6-4-3-5-7-10/h3-7,11,14H,2,8-9H2,1H3,(H,13,15)/t11-/m1/s1. The lowest BCUT2D eigenvalue weighted by Gasteiger charge is -2.09. The van der Waals surface area contributed by atoms with Crippen LogP contribution in [0.3, 0.4) is 0 Å². The van der Waals surface area contributed by atoms with Crippen LogP contribution in [0.2, 0.25) is 0 Å². The summed E-state index contributed by atoms with van der Waals surface area (Å²) in [4.78, 5) is 11.2. The number of hydrogen-bond acceptors (Lipinski definition) is 3. The van der Waals surface area contributed by atoms with Gasteiger partial charge in [0.1, 0.15) is 6.61 Å². The minimum Gasteiger partial charge on any atom is -0.445 e. The summed E-state index contributed by atoms with van der Waals surface area (Å²) >= 11 is 0. The summed E-state index contributed by atoms with van der Waals surface area (Å²) in [5, 5.41) is 11.7. The zero-order chi connectivity index (χ0) is 11.8. The van der Waals surface area contributed by atoms with Crippen LogP contribution in [0.5, 0.6) is 0 Å². The fourth-order valence-electron chi connectivity index (χ4n) is 1.12. The van der Waals surface area contributed by atoms with E-state index in [4.69, 9.17) is 4.74 Å². The van der Waals surface area contributed by atoms with E-state index in [-0.39, 0.29) is 13.2 Å². The lowest BCUT2D eigenvalue weighted by atomic mass is 10.2. The van der Waals surface area contributed by atoms with Gasteiger partial charge in [0.25, 0.3) is 0 Å². The highest BCUT2D eigenvalue weighted by Gasteiger charge is 2.05. The van der Waals surface area contributed by atoms with Crippen molar-refractivity contribution in [3.63, 3.8) is 0 Å². The maximum absolute atomic E-state index is 11.2. The summed E-state index contributed by atoms with van der Waals surface area (Å²) in [7, 11) is 0. The molecule has 0 aliphatic carbocycles. The third kappa shape index (κ3) is 4.79. The van der Waals surface area contributed by atoms with Gasteiger partial charge < -0.3 is 15.2 Å². The molecule has 0 fully saturated rings. The Labute approximate surface area is 95.2 Å². The van der Waals surface area contributed by atoms with Crippen LogP contribution in [0.1, 0.15) is 18.9 Å². The number of rotatable bonds is 5. The number of aliphatic hydroxyl groups excluding tert-OH is 1. The average molecular weight is 223 g/mol. The first-order valence-corrected chi connectivity index (χ1v) is 5.35. The minimum atomic E-state index is -0.510. The Morgan fingerprint density at radius 2 is 2.12 bits per heavy atom. The second-order valence-electron chi connectivity index (χ2n) is 3.50. The van der Waals surface area contributed by atoms with Crippen LogP contribution >= 0.6 is 0 Å². The second kappa shape index (κ2) is 6.85. The van der Waals surface area contributed by atoms with E-state index in [1.165, 1.54) is 0 Å². The molecule has 0 aliphatic rings. The summed E-state index contributed by atoms with van der Waals surface area (Å²) in [6, 6.07) is 9.44. The summed E-state index contributed by atoms with van der Waals surface area (Å²) in [5.41, 5.74) is 0.939.